The molecule has 0 amide bonds. The fourth-order valence-electron chi connectivity index (χ4n) is 2.45. The molecule has 0 bridgehead atoms. The zero-order valence-corrected chi connectivity index (χ0v) is 12.6. The van der Waals surface area contributed by atoms with Gasteiger partial charge in [-0.1, -0.05) is 11.6 Å². The Morgan fingerprint density at radius 2 is 2.20 bits per heavy atom. The van der Waals surface area contributed by atoms with Crippen LogP contribution >= 0.6 is 11.6 Å². The van der Waals surface area contributed by atoms with Crippen molar-refractivity contribution in [1.29, 1.82) is 0 Å². The van der Waals surface area contributed by atoms with E-state index in [1.165, 1.54) is 6.07 Å². The van der Waals surface area contributed by atoms with Crippen LogP contribution in [0, 0.1) is 0 Å². The summed E-state index contributed by atoms with van der Waals surface area (Å²) in [5, 5.41) is 9.14. The van der Waals surface area contributed by atoms with Gasteiger partial charge in [0.1, 0.15) is 0 Å². The van der Waals surface area contributed by atoms with Crippen LogP contribution in [0.3, 0.4) is 0 Å². The van der Waals surface area contributed by atoms with Crippen molar-refractivity contribution in [2.24, 2.45) is 0 Å². The molecule has 0 spiro atoms. The van der Waals surface area contributed by atoms with Gasteiger partial charge in [-0.05, 0) is 43.8 Å². The summed E-state index contributed by atoms with van der Waals surface area (Å²) in [5.74, 6) is -0.826. The Kier molecular flexibility index (Phi) is 4.36. The molecule has 1 N–H and O–H groups in total. The minimum Gasteiger partial charge on any atom is -0.481 e. The molecule has 1 aromatic carbocycles. The molecular formula is C13H16ClNO4S. The molecule has 1 aromatic rings. The average molecular weight is 318 g/mol. The van der Waals surface area contributed by atoms with E-state index in [9.17, 15) is 13.2 Å². The van der Waals surface area contributed by atoms with Gasteiger partial charge in [-0.2, -0.15) is 0 Å². The zero-order chi connectivity index (χ0) is 14.9. The Balaban J connectivity index is 2.19. The molecule has 0 fully saturated rings. The summed E-state index contributed by atoms with van der Waals surface area (Å²) < 4.78 is 24.2. The first kappa shape index (κ1) is 15.3. The Hall–Kier alpha value is -1.11. The number of nitrogens with zero attached hydrogens (tertiary/aromatic N) is 1. The Bertz CT molecular complexity index is 629. The van der Waals surface area contributed by atoms with E-state index in [0.717, 1.165) is 0 Å². The predicted octanol–water partition coefficient (Wildman–Crippen LogP) is 1.96. The fraction of sp³-hybridized carbons (Fsp3) is 0.462. The van der Waals surface area contributed by atoms with E-state index in [1.807, 2.05) is 4.90 Å². The number of carboxylic acids is 1. The van der Waals surface area contributed by atoms with E-state index in [1.54, 1.807) is 19.2 Å². The van der Waals surface area contributed by atoms with Gasteiger partial charge in [0.15, 0.2) is 9.84 Å². The highest BCUT2D eigenvalue weighted by Gasteiger charge is 2.36. The highest BCUT2D eigenvalue weighted by atomic mass is 35.5. The molecular weight excluding hydrogens is 302 g/mol. The number of sulfone groups is 1. The Morgan fingerprint density at radius 1 is 1.50 bits per heavy atom. The lowest BCUT2D eigenvalue weighted by molar-refractivity contribution is -0.137. The number of benzene rings is 1. The van der Waals surface area contributed by atoms with Crippen molar-refractivity contribution < 1.29 is 18.3 Å². The van der Waals surface area contributed by atoms with Crippen LogP contribution in [0.1, 0.15) is 24.4 Å². The smallest absolute Gasteiger partial charge is 0.303 e. The second-order valence-corrected chi connectivity index (χ2v) is 7.40. The molecule has 2 rings (SSSR count). The van der Waals surface area contributed by atoms with Crippen molar-refractivity contribution in [2.75, 3.05) is 19.3 Å². The van der Waals surface area contributed by atoms with Crippen molar-refractivity contribution in [3.8, 4) is 0 Å². The van der Waals surface area contributed by atoms with E-state index in [4.69, 9.17) is 16.7 Å². The van der Waals surface area contributed by atoms with Crippen molar-refractivity contribution in [1.82, 2.24) is 4.90 Å². The van der Waals surface area contributed by atoms with E-state index in [-0.39, 0.29) is 18.2 Å². The molecule has 1 aliphatic rings. The molecule has 0 radical (unpaired) electrons. The van der Waals surface area contributed by atoms with Crippen molar-refractivity contribution >= 4 is 27.4 Å². The summed E-state index contributed by atoms with van der Waals surface area (Å²) in [6.07, 6.45) is 0.560. The molecule has 7 heteroatoms. The summed E-state index contributed by atoms with van der Waals surface area (Å²) in [4.78, 5) is 12.7. The van der Waals surface area contributed by atoms with Gasteiger partial charge in [-0.25, -0.2) is 8.42 Å². The number of aliphatic carboxylic acids is 1. The van der Waals surface area contributed by atoms with Crippen LogP contribution in [-0.2, 0) is 14.6 Å². The fourth-order valence-corrected chi connectivity index (χ4v) is 4.49. The number of carbonyl (C=O) groups is 1. The summed E-state index contributed by atoms with van der Waals surface area (Å²) >= 11 is 5.94. The molecule has 1 unspecified atom stereocenters. The van der Waals surface area contributed by atoms with Crippen LogP contribution in [0.15, 0.2) is 23.1 Å². The first-order valence-corrected chi connectivity index (χ1v) is 8.28. The number of hydrogen-bond donors (Lipinski definition) is 1. The van der Waals surface area contributed by atoms with Gasteiger partial charge < -0.3 is 5.11 Å². The number of halogens is 1. The van der Waals surface area contributed by atoms with Crippen LogP contribution < -0.4 is 0 Å². The van der Waals surface area contributed by atoms with Gasteiger partial charge in [-0.3, -0.25) is 9.69 Å². The SMILES string of the molecule is CN(CCCC(=O)O)C1CS(=O)(=O)c2ccc(Cl)cc21. The summed E-state index contributed by atoms with van der Waals surface area (Å²) in [5.41, 5.74) is 0.704. The van der Waals surface area contributed by atoms with E-state index < -0.39 is 15.8 Å². The number of hydrogen-bond acceptors (Lipinski definition) is 4. The van der Waals surface area contributed by atoms with Gasteiger partial charge >= 0.3 is 5.97 Å². The molecule has 20 heavy (non-hydrogen) atoms. The first-order valence-electron chi connectivity index (χ1n) is 6.25. The first-order chi connectivity index (χ1) is 9.31. The van der Waals surface area contributed by atoms with Gasteiger partial charge in [0.25, 0.3) is 0 Å². The largest absolute Gasteiger partial charge is 0.481 e. The predicted molar refractivity (Wildman–Crippen MR) is 75.7 cm³/mol. The van der Waals surface area contributed by atoms with Crippen molar-refractivity contribution in [3.05, 3.63) is 28.8 Å². The zero-order valence-electron chi connectivity index (χ0n) is 11.0. The normalized spacial score (nSPS) is 20.1. The van der Waals surface area contributed by atoms with E-state index >= 15 is 0 Å². The second kappa shape index (κ2) is 5.71. The second-order valence-electron chi connectivity index (χ2n) is 4.96. The van der Waals surface area contributed by atoms with Crippen LogP contribution in [0.4, 0.5) is 0 Å². The molecule has 1 heterocycles. The maximum Gasteiger partial charge on any atom is 0.303 e. The lowest BCUT2D eigenvalue weighted by Gasteiger charge is -2.23. The van der Waals surface area contributed by atoms with E-state index in [2.05, 4.69) is 0 Å². The maximum atomic E-state index is 12.1. The van der Waals surface area contributed by atoms with Gasteiger partial charge in [0.2, 0.25) is 0 Å². The van der Waals surface area contributed by atoms with Gasteiger partial charge in [0.05, 0.1) is 16.7 Å². The van der Waals surface area contributed by atoms with Crippen LogP contribution in [0.5, 0.6) is 0 Å². The molecule has 0 aromatic heterocycles. The van der Waals surface area contributed by atoms with E-state index in [0.29, 0.717) is 28.4 Å². The molecule has 0 saturated heterocycles. The van der Waals surface area contributed by atoms with Crippen LogP contribution in [-0.4, -0.2) is 43.7 Å². The highest BCUT2D eigenvalue weighted by Crippen LogP contribution is 2.38. The summed E-state index contributed by atoms with van der Waals surface area (Å²) in [6, 6.07) is 4.53. The molecule has 1 atom stereocenters. The van der Waals surface area contributed by atoms with Gasteiger partial charge in [0, 0.05) is 11.4 Å². The third kappa shape index (κ3) is 3.13. The molecule has 1 aliphatic heterocycles. The summed E-state index contributed by atoms with van der Waals surface area (Å²) in [7, 11) is -1.47. The average Bonchev–Trinajstić information content (AvgIpc) is 2.60. The number of carboxylic acid groups (broad SMARTS) is 1. The number of rotatable bonds is 5. The van der Waals surface area contributed by atoms with Gasteiger partial charge in [-0.15, -0.1) is 0 Å². The lowest BCUT2D eigenvalue weighted by atomic mass is 10.1. The minimum atomic E-state index is -3.27. The molecule has 110 valence electrons. The molecule has 0 aliphatic carbocycles. The summed E-state index contributed by atoms with van der Waals surface area (Å²) in [6.45, 7) is 0.526. The topological polar surface area (TPSA) is 74.7 Å². The lowest BCUT2D eigenvalue weighted by Crippen LogP contribution is -2.27. The molecule has 5 nitrogen and oxygen atoms in total. The molecule has 0 saturated carbocycles. The van der Waals surface area contributed by atoms with Crippen LogP contribution in [0.25, 0.3) is 0 Å². The Labute approximate surface area is 123 Å². The highest BCUT2D eigenvalue weighted by molar-refractivity contribution is 7.91. The quantitative estimate of drug-likeness (QED) is 0.898. The Morgan fingerprint density at radius 3 is 2.85 bits per heavy atom. The van der Waals surface area contributed by atoms with Crippen molar-refractivity contribution in [3.63, 3.8) is 0 Å². The number of fused-ring (bicyclic) bond motifs is 1. The maximum absolute atomic E-state index is 12.1. The third-order valence-electron chi connectivity index (χ3n) is 3.48. The standard InChI is InChI=1S/C13H16ClNO4S/c1-15(6-2-3-13(16)17)11-8-20(18,19)12-5-4-9(14)7-10(11)12/h4-5,7,11H,2-3,6,8H2,1H3,(H,16,17). The minimum absolute atomic E-state index is 0.0201. The monoisotopic (exact) mass is 317 g/mol. The van der Waals surface area contributed by atoms with Crippen molar-refractivity contribution in [2.45, 2.75) is 23.8 Å². The third-order valence-corrected chi connectivity index (χ3v) is 5.51. The van der Waals surface area contributed by atoms with Crippen LogP contribution in [0.2, 0.25) is 5.02 Å².